The molecule has 2 aliphatic rings. The third-order valence-corrected chi connectivity index (χ3v) is 7.01. The van der Waals surface area contributed by atoms with Crippen LogP contribution in [0.3, 0.4) is 0 Å². The van der Waals surface area contributed by atoms with Crippen LogP contribution in [0.2, 0.25) is 0 Å². The van der Waals surface area contributed by atoms with E-state index >= 15 is 0 Å². The van der Waals surface area contributed by atoms with Gasteiger partial charge in [-0.2, -0.15) is 0 Å². The Bertz CT molecular complexity index is 633. The molecule has 8 heteroatoms. The van der Waals surface area contributed by atoms with Gasteiger partial charge in [-0.3, -0.25) is 9.89 Å². The van der Waals surface area contributed by atoms with Crippen LogP contribution >= 0.6 is 35.3 Å². The molecule has 1 N–H and O–H groups in total. The van der Waals surface area contributed by atoms with Gasteiger partial charge in [-0.05, 0) is 58.5 Å². The number of aryl methyl sites for hydroxylation is 1. The maximum absolute atomic E-state index is 5.63. The first-order valence-electron chi connectivity index (χ1n) is 11.5. The molecule has 0 bridgehead atoms. The summed E-state index contributed by atoms with van der Waals surface area (Å²) in [6.45, 7) is 15.5. The number of piperidine rings is 1. The molecule has 0 aromatic carbocycles. The van der Waals surface area contributed by atoms with Crippen molar-refractivity contribution in [3.63, 3.8) is 0 Å². The molecule has 3 rings (SSSR count). The van der Waals surface area contributed by atoms with E-state index in [4.69, 9.17) is 14.7 Å². The Labute approximate surface area is 203 Å². The molecule has 0 saturated carbocycles. The summed E-state index contributed by atoms with van der Waals surface area (Å²) >= 11 is 1.80. The Morgan fingerprint density at radius 3 is 2.63 bits per heavy atom. The van der Waals surface area contributed by atoms with E-state index < -0.39 is 0 Å². The van der Waals surface area contributed by atoms with Crippen molar-refractivity contribution in [2.75, 3.05) is 52.5 Å². The molecule has 2 saturated heterocycles. The van der Waals surface area contributed by atoms with Gasteiger partial charge in [-0.15, -0.1) is 35.3 Å². The van der Waals surface area contributed by atoms with E-state index in [1.807, 2.05) is 0 Å². The highest BCUT2D eigenvalue weighted by Gasteiger charge is 2.25. The Hall–Kier alpha value is -0.450. The van der Waals surface area contributed by atoms with Gasteiger partial charge < -0.3 is 15.0 Å². The van der Waals surface area contributed by atoms with Gasteiger partial charge in [-0.1, -0.05) is 6.92 Å². The summed E-state index contributed by atoms with van der Waals surface area (Å²) in [6, 6.07) is 0. The summed E-state index contributed by atoms with van der Waals surface area (Å²) in [6.07, 6.45) is 4.72. The maximum Gasteiger partial charge on any atom is 0.193 e. The molecule has 3 heterocycles. The summed E-state index contributed by atoms with van der Waals surface area (Å²) in [5, 5.41) is 6.99. The second-order valence-corrected chi connectivity index (χ2v) is 9.20. The molecule has 0 amide bonds. The molecule has 1 aromatic rings. The molecule has 2 fully saturated rings. The Morgan fingerprint density at radius 1 is 1.20 bits per heavy atom. The van der Waals surface area contributed by atoms with Crippen LogP contribution in [0.15, 0.2) is 10.4 Å². The minimum absolute atomic E-state index is 0. The van der Waals surface area contributed by atoms with Gasteiger partial charge in [0.2, 0.25) is 0 Å². The van der Waals surface area contributed by atoms with Gasteiger partial charge in [0, 0.05) is 50.6 Å². The monoisotopic (exact) mass is 549 g/mol. The number of rotatable bonds is 9. The van der Waals surface area contributed by atoms with E-state index in [0.29, 0.717) is 11.8 Å². The normalized spacial score (nSPS) is 21.1. The molecule has 172 valence electrons. The molecule has 0 aliphatic carbocycles. The lowest BCUT2D eigenvalue weighted by Gasteiger charge is -2.31. The van der Waals surface area contributed by atoms with E-state index in [1.165, 1.54) is 30.0 Å². The van der Waals surface area contributed by atoms with E-state index in [-0.39, 0.29) is 24.0 Å². The summed E-state index contributed by atoms with van der Waals surface area (Å²) < 4.78 is 5.63. The lowest BCUT2D eigenvalue weighted by Crippen LogP contribution is -2.41. The summed E-state index contributed by atoms with van der Waals surface area (Å²) in [5.74, 6) is 2.44. The van der Waals surface area contributed by atoms with Crippen molar-refractivity contribution in [3.05, 3.63) is 16.1 Å². The first kappa shape index (κ1) is 25.8. The highest BCUT2D eigenvalue weighted by atomic mass is 127. The summed E-state index contributed by atoms with van der Waals surface area (Å²) in [7, 11) is 0. The van der Waals surface area contributed by atoms with E-state index in [2.05, 4.69) is 41.3 Å². The van der Waals surface area contributed by atoms with Crippen molar-refractivity contribution < 1.29 is 4.74 Å². The van der Waals surface area contributed by atoms with Crippen molar-refractivity contribution >= 4 is 41.3 Å². The fraction of sp³-hybridized carbons (Fsp3) is 0.818. The van der Waals surface area contributed by atoms with Gasteiger partial charge in [0.15, 0.2) is 5.96 Å². The van der Waals surface area contributed by atoms with Crippen LogP contribution in [0.4, 0.5) is 0 Å². The SMILES string of the molecule is CCNC(=NCC1CCN(Cc2csc(CC)n2)CC1)N1CCC(COCC)C1.I. The van der Waals surface area contributed by atoms with Crippen LogP contribution in [0.5, 0.6) is 0 Å². The van der Waals surface area contributed by atoms with Crippen molar-refractivity contribution in [3.8, 4) is 0 Å². The van der Waals surface area contributed by atoms with Crippen LogP contribution in [-0.4, -0.2) is 73.2 Å². The fourth-order valence-electron chi connectivity index (χ4n) is 4.23. The second-order valence-electron chi connectivity index (χ2n) is 8.26. The fourth-order valence-corrected chi connectivity index (χ4v) is 4.96. The minimum atomic E-state index is 0. The van der Waals surface area contributed by atoms with Crippen molar-refractivity contribution in [1.29, 1.82) is 0 Å². The van der Waals surface area contributed by atoms with E-state index in [0.717, 1.165) is 71.4 Å². The van der Waals surface area contributed by atoms with Gasteiger partial charge in [0.25, 0.3) is 0 Å². The number of guanidine groups is 1. The number of likely N-dealkylation sites (tertiary alicyclic amines) is 2. The topological polar surface area (TPSA) is 53.0 Å². The largest absolute Gasteiger partial charge is 0.381 e. The van der Waals surface area contributed by atoms with Crippen LogP contribution in [-0.2, 0) is 17.7 Å². The number of thiazole rings is 1. The molecule has 2 aliphatic heterocycles. The molecule has 1 atom stereocenters. The second kappa shape index (κ2) is 13.9. The van der Waals surface area contributed by atoms with E-state index in [9.17, 15) is 0 Å². The number of halogens is 1. The number of nitrogens with zero attached hydrogens (tertiary/aromatic N) is 4. The molecular formula is C22H40IN5OS. The zero-order valence-electron chi connectivity index (χ0n) is 18.9. The number of nitrogens with one attached hydrogen (secondary N) is 1. The van der Waals surface area contributed by atoms with Gasteiger partial charge >= 0.3 is 0 Å². The smallest absolute Gasteiger partial charge is 0.193 e. The highest BCUT2D eigenvalue weighted by Crippen LogP contribution is 2.21. The highest BCUT2D eigenvalue weighted by molar-refractivity contribution is 14.0. The first-order chi connectivity index (χ1) is 14.2. The number of aromatic nitrogens is 1. The van der Waals surface area contributed by atoms with Crippen LogP contribution in [0.25, 0.3) is 0 Å². The zero-order valence-corrected chi connectivity index (χ0v) is 22.1. The number of hydrogen-bond acceptors (Lipinski definition) is 5. The Kier molecular flexibility index (Phi) is 11.9. The molecular weight excluding hydrogens is 509 g/mol. The van der Waals surface area contributed by atoms with E-state index in [1.54, 1.807) is 11.3 Å². The Morgan fingerprint density at radius 2 is 1.97 bits per heavy atom. The van der Waals surface area contributed by atoms with Crippen LogP contribution in [0, 0.1) is 11.8 Å². The predicted molar refractivity (Wildman–Crippen MR) is 137 cm³/mol. The third-order valence-electron chi connectivity index (χ3n) is 5.97. The predicted octanol–water partition coefficient (Wildman–Crippen LogP) is 3.86. The maximum atomic E-state index is 5.63. The molecule has 0 spiro atoms. The van der Waals surface area contributed by atoms with Crippen molar-refractivity contribution in [2.45, 2.75) is 53.0 Å². The number of hydrogen-bond donors (Lipinski definition) is 1. The van der Waals surface area contributed by atoms with Crippen molar-refractivity contribution in [2.24, 2.45) is 16.8 Å². The molecule has 6 nitrogen and oxygen atoms in total. The molecule has 1 aromatic heterocycles. The van der Waals surface area contributed by atoms with Gasteiger partial charge in [-0.25, -0.2) is 4.98 Å². The average Bonchev–Trinajstić information content (AvgIpc) is 3.40. The third kappa shape index (κ3) is 7.91. The molecule has 0 radical (unpaired) electrons. The first-order valence-corrected chi connectivity index (χ1v) is 12.4. The molecule has 30 heavy (non-hydrogen) atoms. The van der Waals surface area contributed by atoms with Crippen LogP contribution < -0.4 is 5.32 Å². The van der Waals surface area contributed by atoms with Gasteiger partial charge in [0.1, 0.15) is 0 Å². The molecule has 1 unspecified atom stereocenters. The Balaban J connectivity index is 0.00000320. The van der Waals surface area contributed by atoms with Gasteiger partial charge in [0.05, 0.1) is 17.3 Å². The lowest BCUT2D eigenvalue weighted by molar-refractivity contribution is 0.114. The quantitative estimate of drug-likeness (QED) is 0.288. The number of ether oxygens (including phenoxy) is 1. The lowest BCUT2D eigenvalue weighted by atomic mass is 9.97. The average molecular weight is 550 g/mol. The van der Waals surface area contributed by atoms with Crippen LogP contribution in [0.1, 0.15) is 50.7 Å². The standard InChI is InChI=1S/C22H39N5OS.HI/c1-4-21-25-20(17-29-21)15-26-10-7-18(8-11-26)13-24-22(23-5-2)27-12-9-19(14-27)16-28-6-3;/h17-19H,4-16H2,1-3H3,(H,23,24);1H. The van der Waals surface area contributed by atoms with Crippen molar-refractivity contribution in [1.82, 2.24) is 20.1 Å². The zero-order chi connectivity index (χ0) is 20.5. The summed E-state index contributed by atoms with van der Waals surface area (Å²) in [4.78, 5) is 14.7. The summed E-state index contributed by atoms with van der Waals surface area (Å²) in [5.41, 5.74) is 1.24. The number of aliphatic imine (C=N–C) groups is 1. The minimum Gasteiger partial charge on any atom is -0.381 e.